The fraction of sp³-hybridized carbons (Fsp3) is 0.429. The summed E-state index contributed by atoms with van der Waals surface area (Å²) >= 11 is 0. The van der Waals surface area contributed by atoms with Crippen LogP contribution in [0, 0.1) is 12.7 Å². The Morgan fingerprint density at radius 3 is 2.89 bits per heavy atom. The molecule has 0 fully saturated rings. The summed E-state index contributed by atoms with van der Waals surface area (Å²) in [5.41, 5.74) is 8.03. The van der Waals surface area contributed by atoms with Gasteiger partial charge in [-0.2, -0.15) is 0 Å². The number of nitrogens with zero attached hydrogens (tertiary/aromatic N) is 1. The molecule has 0 radical (unpaired) electrons. The molecule has 2 aliphatic rings. The van der Waals surface area contributed by atoms with Crippen LogP contribution in [0.3, 0.4) is 0 Å². The number of aryl methyl sites for hydroxylation is 1. The Hall–Kier alpha value is -2.67. The number of benzene rings is 1. The lowest BCUT2D eigenvalue weighted by Crippen LogP contribution is -2.56. The fourth-order valence-corrected chi connectivity index (χ4v) is 3.10. The van der Waals surface area contributed by atoms with Gasteiger partial charge in [0, 0.05) is 0 Å². The monoisotopic (exact) mass is 386 g/mol. The highest BCUT2D eigenvalue weighted by atomic mass is 19.1. The maximum atomic E-state index is 13.7. The Morgan fingerprint density at radius 2 is 2.18 bits per heavy atom. The quantitative estimate of drug-likeness (QED) is 0.690. The molecule has 1 amide bonds. The number of amides is 1. The third-order valence-corrected chi connectivity index (χ3v) is 4.77. The molecular weight excluding hydrogens is 359 g/mol. The second-order valence-electron chi connectivity index (χ2n) is 7.66. The molecular formula is C21H27FN4O2. The van der Waals surface area contributed by atoms with Crippen LogP contribution in [-0.4, -0.2) is 30.0 Å². The first kappa shape index (κ1) is 20.1. The molecule has 3 N–H and O–H groups in total. The van der Waals surface area contributed by atoms with Crippen molar-refractivity contribution in [3.63, 3.8) is 0 Å². The summed E-state index contributed by atoms with van der Waals surface area (Å²) < 4.78 is 19.3. The number of hydrazine groups is 1. The normalized spacial score (nSPS) is 18.3. The molecule has 0 spiro atoms. The van der Waals surface area contributed by atoms with E-state index in [-0.39, 0.29) is 11.7 Å². The second-order valence-corrected chi connectivity index (χ2v) is 7.66. The van der Waals surface area contributed by atoms with E-state index >= 15 is 0 Å². The molecule has 0 saturated carbocycles. The molecule has 1 heterocycles. The van der Waals surface area contributed by atoms with Crippen LogP contribution in [0.25, 0.3) is 0 Å². The summed E-state index contributed by atoms with van der Waals surface area (Å²) in [6.07, 6.45) is 7.69. The molecule has 6 nitrogen and oxygen atoms in total. The second kappa shape index (κ2) is 8.14. The highest BCUT2D eigenvalue weighted by Gasteiger charge is 2.31. The zero-order valence-corrected chi connectivity index (χ0v) is 16.7. The minimum absolute atomic E-state index is 0.291. The molecule has 3 rings (SSSR count). The molecule has 0 bridgehead atoms. The van der Waals surface area contributed by atoms with Gasteiger partial charge in [0.05, 0.1) is 23.5 Å². The van der Waals surface area contributed by atoms with E-state index in [1.807, 2.05) is 19.9 Å². The standard InChI is InChI=1S/C21H27FN4O2/c1-13-10-16(22)11-17-18(13)23-20(21(3,4)24-17)26-25-19(27)14(2)28-12-15-8-6-5-7-9-15/h6,8-11,14,24H,5,7,12H2,1-4H3,(H,23,26)(H,25,27). The zero-order valence-electron chi connectivity index (χ0n) is 16.7. The van der Waals surface area contributed by atoms with Crippen LogP contribution >= 0.6 is 0 Å². The SMILES string of the molecule is Cc1cc(F)cc2c1N=C(NNC(=O)C(C)OCC1=CCCC=C1)C(C)(C)N2. The van der Waals surface area contributed by atoms with Gasteiger partial charge in [0.25, 0.3) is 5.91 Å². The number of ether oxygens (including phenoxy) is 1. The van der Waals surface area contributed by atoms with Crippen LogP contribution in [0.15, 0.2) is 40.9 Å². The number of halogens is 1. The Balaban J connectivity index is 1.62. The predicted molar refractivity (Wildman–Crippen MR) is 109 cm³/mol. The van der Waals surface area contributed by atoms with Crippen molar-refractivity contribution in [2.75, 3.05) is 11.9 Å². The van der Waals surface area contributed by atoms with Gasteiger partial charge < -0.3 is 10.1 Å². The number of hydrogen-bond donors (Lipinski definition) is 3. The van der Waals surface area contributed by atoms with Crippen molar-refractivity contribution in [1.82, 2.24) is 10.9 Å². The van der Waals surface area contributed by atoms with Gasteiger partial charge in [-0.05, 0) is 63.8 Å². The Kier molecular flexibility index (Phi) is 5.84. The fourth-order valence-electron chi connectivity index (χ4n) is 3.10. The third-order valence-electron chi connectivity index (χ3n) is 4.77. The number of carbonyl (C=O) groups excluding carboxylic acids is 1. The van der Waals surface area contributed by atoms with Crippen LogP contribution < -0.4 is 16.2 Å². The molecule has 0 saturated heterocycles. The Morgan fingerprint density at radius 1 is 1.39 bits per heavy atom. The summed E-state index contributed by atoms with van der Waals surface area (Å²) in [5, 5.41) is 3.26. The summed E-state index contributed by atoms with van der Waals surface area (Å²) in [4.78, 5) is 17.0. The number of hydrogen-bond acceptors (Lipinski definition) is 5. The first-order chi connectivity index (χ1) is 13.3. The minimum atomic E-state index is -0.618. The van der Waals surface area contributed by atoms with Gasteiger partial charge in [0.15, 0.2) is 0 Å². The van der Waals surface area contributed by atoms with Gasteiger partial charge in [-0.1, -0.05) is 18.2 Å². The van der Waals surface area contributed by atoms with Crippen LogP contribution in [0.1, 0.15) is 39.2 Å². The van der Waals surface area contributed by atoms with Gasteiger partial charge in [0.2, 0.25) is 0 Å². The topological polar surface area (TPSA) is 74.8 Å². The lowest BCUT2D eigenvalue weighted by Gasteiger charge is -2.34. The van der Waals surface area contributed by atoms with Crippen molar-refractivity contribution in [3.8, 4) is 0 Å². The number of anilines is 1. The van der Waals surface area contributed by atoms with E-state index in [9.17, 15) is 9.18 Å². The Bertz CT molecular complexity index is 858. The van der Waals surface area contributed by atoms with Gasteiger partial charge in [-0.3, -0.25) is 15.6 Å². The number of fused-ring (bicyclic) bond motifs is 1. The molecule has 150 valence electrons. The summed E-state index contributed by atoms with van der Waals surface area (Å²) in [6, 6.07) is 2.86. The average molecular weight is 386 g/mol. The number of nitrogens with one attached hydrogen (secondary N) is 3. The van der Waals surface area contributed by atoms with Gasteiger partial charge in [-0.15, -0.1) is 0 Å². The number of aliphatic imine (C=N–C) groups is 1. The maximum Gasteiger partial charge on any atom is 0.267 e. The van der Waals surface area contributed by atoms with Crippen LogP contribution in [0.4, 0.5) is 15.8 Å². The van der Waals surface area contributed by atoms with E-state index in [2.05, 4.69) is 33.3 Å². The molecule has 0 aromatic heterocycles. The number of allylic oxidation sites excluding steroid dienone is 2. The first-order valence-corrected chi connectivity index (χ1v) is 9.47. The molecule has 1 aliphatic heterocycles. The van der Waals surface area contributed by atoms with Gasteiger partial charge in [-0.25, -0.2) is 9.38 Å². The van der Waals surface area contributed by atoms with Crippen LogP contribution in [0.5, 0.6) is 0 Å². The summed E-state index contributed by atoms with van der Waals surface area (Å²) in [6.45, 7) is 7.70. The molecule has 1 aromatic carbocycles. The van der Waals surface area contributed by atoms with Crippen molar-refractivity contribution >= 4 is 23.1 Å². The molecule has 7 heteroatoms. The van der Waals surface area contributed by atoms with Crippen molar-refractivity contribution in [2.24, 2.45) is 4.99 Å². The molecule has 1 atom stereocenters. The maximum absolute atomic E-state index is 13.7. The molecule has 1 unspecified atom stereocenters. The van der Waals surface area contributed by atoms with Gasteiger partial charge in [0.1, 0.15) is 17.8 Å². The highest BCUT2D eigenvalue weighted by molar-refractivity contribution is 6.01. The van der Waals surface area contributed by atoms with Crippen LogP contribution in [-0.2, 0) is 9.53 Å². The minimum Gasteiger partial charge on any atom is -0.371 e. The molecule has 1 aliphatic carbocycles. The van der Waals surface area contributed by atoms with E-state index in [0.717, 1.165) is 18.4 Å². The largest absolute Gasteiger partial charge is 0.371 e. The van der Waals surface area contributed by atoms with Crippen molar-refractivity contribution < 1.29 is 13.9 Å². The smallest absolute Gasteiger partial charge is 0.267 e. The molecule has 28 heavy (non-hydrogen) atoms. The van der Waals surface area contributed by atoms with Gasteiger partial charge >= 0.3 is 0 Å². The van der Waals surface area contributed by atoms with Crippen molar-refractivity contribution in [2.45, 2.75) is 52.2 Å². The number of rotatable bonds is 4. The van der Waals surface area contributed by atoms with E-state index in [1.54, 1.807) is 13.8 Å². The highest BCUT2D eigenvalue weighted by Crippen LogP contribution is 2.36. The summed E-state index contributed by atoms with van der Waals surface area (Å²) in [7, 11) is 0. The lowest BCUT2D eigenvalue weighted by molar-refractivity contribution is -0.131. The van der Waals surface area contributed by atoms with Crippen molar-refractivity contribution in [1.29, 1.82) is 0 Å². The van der Waals surface area contributed by atoms with E-state index in [1.165, 1.54) is 12.1 Å². The average Bonchev–Trinajstić information content (AvgIpc) is 2.64. The van der Waals surface area contributed by atoms with Crippen molar-refractivity contribution in [3.05, 3.63) is 47.3 Å². The first-order valence-electron chi connectivity index (χ1n) is 9.47. The lowest BCUT2D eigenvalue weighted by atomic mass is 9.99. The van der Waals surface area contributed by atoms with E-state index in [4.69, 9.17) is 4.74 Å². The van der Waals surface area contributed by atoms with E-state index < -0.39 is 11.6 Å². The van der Waals surface area contributed by atoms with E-state index in [0.29, 0.717) is 29.4 Å². The van der Waals surface area contributed by atoms with Crippen LogP contribution in [0.2, 0.25) is 0 Å². The Labute approximate surface area is 164 Å². The third kappa shape index (κ3) is 4.59. The summed E-state index contributed by atoms with van der Waals surface area (Å²) in [5.74, 6) is -0.0675. The molecule has 1 aromatic rings. The predicted octanol–water partition coefficient (Wildman–Crippen LogP) is 3.67. The zero-order chi connectivity index (χ0) is 20.3. The number of amidine groups is 1. The number of carbonyl (C=O) groups is 1.